The third-order valence-electron chi connectivity index (χ3n) is 1.90. The van der Waals surface area contributed by atoms with Gasteiger partial charge in [-0.2, -0.15) is 0 Å². The van der Waals surface area contributed by atoms with Crippen LogP contribution in [0.3, 0.4) is 0 Å². The summed E-state index contributed by atoms with van der Waals surface area (Å²) in [7, 11) is 0. The second-order valence-electron chi connectivity index (χ2n) is 3.11. The van der Waals surface area contributed by atoms with E-state index in [2.05, 4.69) is 0 Å². The van der Waals surface area contributed by atoms with Crippen molar-refractivity contribution in [3.8, 4) is 5.75 Å². The Balaban J connectivity index is 2.11. The first-order chi connectivity index (χ1) is 7.25. The van der Waals surface area contributed by atoms with Gasteiger partial charge >= 0.3 is 5.97 Å². The average Bonchev–Trinajstić information content (AvgIpc) is 2.66. The monoisotopic (exact) mass is 202 g/mol. The first kappa shape index (κ1) is 9.52. The van der Waals surface area contributed by atoms with Gasteiger partial charge in [-0.05, 0) is 31.2 Å². The van der Waals surface area contributed by atoms with Crippen molar-refractivity contribution in [2.45, 2.75) is 6.92 Å². The molecule has 0 aliphatic heterocycles. The minimum absolute atomic E-state index is 0.219. The van der Waals surface area contributed by atoms with Crippen molar-refractivity contribution in [3.63, 3.8) is 0 Å². The van der Waals surface area contributed by atoms with Crippen LogP contribution in [0.5, 0.6) is 5.75 Å². The van der Waals surface area contributed by atoms with Gasteiger partial charge in [0.15, 0.2) is 0 Å². The molecule has 0 fully saturated rings. The van der Waals surface area contributed by atoms with Crippen LogP contribution in [0.2, 0.25) is 0 Å². The maximum Gasteiger partial charge on any atom is 0.379 e. The highest BCUT2D eigenvalue weighted by atomic mass is 16.5. The summed E-state index contributed by atoms with van der Waals surface area (Å²) in [6, 6.07) is 12.2. The van der Waals surface area contributed by atoms with Gasteiger partial charge in [0.1, 0.15) is 11.5 Å². The van der Waals surface area contributed by atoms with Gasteiger partial charge in [-0.25, -0.2) is 4.79 Å². The molecule has 0 aliphatic rings. The molecule has 0 unspecified atom stereocenters. The number of furan rings is 1. The highest BCUT2D eigenvalue weighted by Crippen LogP contribution is 2.13. The van der Waals surface area contributed by atoms with Crippen molar-refractivity contribution < 1.29 is 13.9 Å². The third kappa shape index (κ3) is 2.26. The van der Waals surface area contributed by atoms with E-state index in [0.717, 1.165) is 0 Å². The Morgan fingerprint density at radius 1 is 1.13 bits per heavy atom. The highest BCUT2D eigenvalue weighted by molar-refractivity contribution is 5.88. The second-order valence-corrected chi connectivity index (χ2v) is 3.11. The lowest BCUT2D eigenvalue weighted by Gasteiger charge is -2.00. The molecule has 76 valence electrons. The Hall–Kier alpha value is -2.03. The molecular formula is C12H10O3. The molecule has 0 atom stereocenters. The maximum atomic E-state index is 11.5. The zero-order valence-electron chi connectivity index (χ0n) is 8.27. The Labute approximate surface area is 87.3 Å². The summed E-state index contributed by atoms with van der Waals surface area (Å²) in [6.45, 7) is 1.78. The van der Waals surface area contributed by atoms with Crippen molar-refractivity contribution in [1.29, 1.82) is 0 Å². The number of benzene rings is 1. The van der Waals surface area contributed by atoms with Crippen LogP contribution in [-0.2, 0) is 0 Å². The lowest BCUT2D eigenvalue weighted by molar-refractivity contribution is 0.0700. The number of ether oxygens (including phenoxy) is 1. The van der Waals surface area contributed by atoms with Gasteiger partial charge in [-0.15, -0.1) is 0 Å². The van der Waals surface area contributed by atoms with E-state index in [-0.39, 0.29) is 5.76 Å². The molecule has 0 saturated heterocycles. The summed E-state index contributed by atoms with van der Waals surface area (Å²) in [5, 5.41) is 0. The number of esters is 1. The number of carbonyl (C=O) groups excluding carboxylic acids is 1. The Morgan fingerprint density at radius 2 is 1.87 bits per heavy atom. The topological polar surface area (TPSA) is 39.4 Å². The van der Waals surface area contributed by atoms with E-state index in [0.29, 0.717) is 11.5 Å². The maximum absolute atomic E-state index is 11.5. The molecule has 0 amide bonds. The third-order valence-corrected chi connectivity index (χ3v) is 1.90. The predicted molar refractivity (Wildman–Crippen MR) is 54.8 cm³/mol. The fourth-order valence-electron chi connectivity index (χ4n) is 1.19. The number of rotatable bonds is 2. The van der Waals surface area contributed by atoms with Gasteiger partial charge in [-0.3, -0.25) is 0 Å². The number of para-hydroxylation sites is 1. The van der Waals surface area contributed by atoms with E-state index < -0.39 is 5.97 Å². The molecule has 1 aromatic carbocycles. The molecular weight excluding hydrogens is 192 g/mol. The van der Waals surface area contributed by atoms with Crippen molar-refractivity contribution >= 4 is 5.97 Å². The molecule has 3 heteroatoms. The van der Waals surface area contributed by atoms with Gasteiger partial charge < -0.3 is 9.15 Å². The molecule has 3 nitrogen and oxygen atoms in total. The van der Waals surface area contributed by atoms with E-state index in [1.807, 2.05) is 6.07 Å². The summed E-state index contributed by atoms with van der Waals surface area (Å²) >= 11 is 0. The van der Waals surface area contributed by atoms with Crippen LogP contribution in [0.4, 0.5) is 0 Å². The molecule has 1 heterocycles. The van der Waals surface area contributed by atoms with Crippen molar-refractivity contribution in [2.75, 3.05) is 0 Å². The van der Waals surface area contributed by atoms with E-state index in [9.17, 15) is 4.79 Å². The normalized spacial score (nSPS) is 9.93. The zero-order chi connectivity index (χ0) is 10.7. The molecule has 2 rings (SSSR count). The Kier molecular flexibility index (Phi) is 2.54. The lowest BCUT2D eigenvalue weighted by atomic mass is 10.3. The molecule has 2 aromatic rings. The summed E-state index contributed by atoms with van der Waals surface area (Å²) < 4.78 is 10.2. The Morgan fingerprint density at radius 3 is 2.47 bits per heavy atom. The molecule has 1 aromatic heterocycles. The Bertz CT molecular complexity index is 457. The van der Waals surface area contributed by atoms with Crippen LogP contribution in [0, 0.1) is 6.92 Å². The van der Waals surface area contributed by atoms with Crippen LogP contribution in [0.15, 0.2) is 46.9 Å². The molecule has 0 N–H and O–H groups in total. The van der Waals surface area contributed by atoms with Gasteiger partial charge in [0, 0.05) is 0 Å². The van der Waals surface area contributed by atoms with Crippen LogP contribution in [0.1, 0.15) is 16.3 Å². The van der Waals surface area contributed by atoms with Crippen molar-refractivity contribution in [2.24, 2.45) is 0 Å². The van der Waals surface area contributed by atoms with Crippen molar-refractivity contribution in [3.05, 3.63) is 54.0 Å². The number of carbonyl (C=O) groups is 1. The largest absolute Gasteiger partial charge is 0.454 e. The van der Waals surface area contributed by atoms with Gasteiger partial charge in [0.25, 0.3) is 0 Å². The molecule has 0 radical (unpaired) electrons. The fraction of sp³-hybridized carbons (Fsp3) is 0.0833. The number of hydrogen-bond donors (Lipinski definition) is 0. The van der Waals surface area contributed by atoms with E-state index in [1.54, 1.807) is 43.3 Å². The molecule has 0 aliphatic carbocycles. The summed E-state index contributed by atoms with van der Waals surface area (Å²) in [6.07, 6.45) is 0. The van der Waals surface area contributed by atoms with E-state index in [1.165, 1.54) is 0 Å². The van der Waals surface area contributed by atoms with Gasteiger partial charge in [0.2, 0.25) is 5.76 Å². The quantitative estimate of drug-likeness (QED) is 0.555. The van der Waals surface area contributed by atoms with Crippen molar-refractivity contribution in [1.82, 2.24) is 0 Å². The smallest absolute Gasteiger partial charge is 0.379 e. The SMILES string of the molecule is Cc1ccc(C(=O)Oc2ccccc2)o1. The zero-order valence-corrected chi connectivity index (χ0v) is 8.27. The molecule has 0 saturated carbocycles. The first-order valence-electron chi connectivity index (χ1n) is 4.59. The summed E-state index contributed by atoms with van der Waals surface area (Å²) in [5.41, 5.74) is 0. The molecule has 0 spiro atoms. The van der Waals surface area contributed by atoms with E-state index >= 15 is 0 Å². The average molecular weight is 202 g/mol. The van der Waals surface area contributed by atoms with Crippen LogP contribution in [0.25, 0.3) is 0 Å². The second kappa shape index (κ2) is 4.00. The highest BCUT2D eigenvalue weighted by Gasteiger charge is 2.11. The predicted octanol–water partition coefficient (Wildman–Crippen LogP) is 2.81. The van der Waals surface area contributed by atoms with Gasteiger partial charge in [0.05, 0.1) is 0 Å². The number of hydrogen-bond acceptors (Lipinski definition) is 3. The fourth-order valence-corrected chi connectivity index (χ4v) is 1.19. The standard InChI is InChI=1S/C12H10O3/c1-9-7-8-11(14-9)12(13)15-10-5-3-2-4-6-10/h2-8H,1H3. The lowest BCUT2D eigenvalue weighted by Crippen LogP contribution is -2.06. The van der Waals surface area contributed by atoms with Gasteiger partial charge in [-0.1, -0.05) is 18.2 Å². The molecule has 15 heavy (non-hydrogen) atoms. The number of aryl methyl sites for hydroxylation is 1. The minimum atomic E-state index is -0.477. The van der Waals surface area contributed by atoms with E-state index in [4.69, 9.17) is 9.15 Å². The van der Waals surface area contributed by atoms with Crippen LogP contribution < -0.4 is 4.74 Å². The summed E-state index contributed by atoms with van der Waals surface area (Å²) in [5.74, 6) is 0.942. The molecule has 0 bridgehead atoms. The minimum Gasteiger partial charge on any atom is -0.454 e. The van der Waals surface area contributed by atoms with Crippen LogP contribution in [-0.4, -0.2) is 5.97 Å². The first-order valence-corrected chi connectivity index (χ1v) is 4.59. The van der Waals surface area contributed by atoms with Crippen LogP contribution >= 0.6 is 0 Å². The summed E-state index contributed by atoms with van der Waals surface area (Å²) in [4.78, 5) is 11.5.